The van der Waals surface area contributed by atoms with E-state index in [0.29, 0.717) is 47.0 Å². The Hall–Kier alpha value is -4.17. The molecule has 4 N–H and O–H groups in total. The van der Waals surface area contributed by atoms with Crippen molar-refractivity contribution in [3.63, 3.8) is 0 Å². The fourth-order valence-corrected chi connectivity index (χ4v) is 6.33. The molecule has 2 aliphatic carbocycles. The van der Waals surface area contributed by atoms with Crippen molar-refractivity contribution in [3.8, 4) is 22.1 Å². The molecular weight excluding hydrogens is 611 g/mol. The van der Waals surface area contributed by atoms with Crippen LogP contribution < -0.4 is 20.5 Å². The molecule has 3 heterocycles. The number of alkyl halides is 3. The van der Waals surface area contributed by atoms with E-state index in [2.05, 4.69) is 15.4 Å². The fourth-order valence-electron chi connectivity index (χ4n) is 5.47. The van der Waals surface area contributed by atoms with E-state index < -0.39 is 28.5 Å². The number of nitrogens with two attached hydrogens (primary N) is 1. The van der Waals surface area contributed by atoms with Gasteiger partial charge >= 0.3 is 6.18 Å². The Labute approximate surface area is 260 Å². The molecule has 4 aromatic rings. The molecule has 0 aliphatic heterocycles. The van der Waals surface area contributed by atoms with Gasteiger partial charge in [-0.2, -0.15) is 18.3 Å². The first-order chi connectivity index (χ1) is 21.4. The van der Waals surface area contributed by atoms with Crippen LogP contribution in [0.5, 0.6) is 11.5 Å². The van der Waals surface area contributed by atoms with Gasteiger partial charge in [0.1, 0.15) is 33.2 Å². The molecule has 238 valence electrons. The van der Waals surface area contributed by atoms with E-state index >= 15 is 0 Å². The van der Waals surface area contributed by atoms with Gasteiger partial charge in [-0.3, -0.25) is 14.3 Å². The van der Waals surface area contributed by atoms with Crippen LogP contribution in [-0.2, 0) is 23.0 Å². The van der Waals surface area contributed by atoms with Gasteiger partial charge in [0.2, 0.25) is 5.91 Å². The summed E-state index contributed by atoms with van der Waals surface area (Å²) < 4.78 is 53.7. The maximum absolute atomic E-state index is 13.5. The first-order valence-corrected chi connectivity index (χ1v) is 15.4. The summed E-state index contributed by atoms with van der Waals surface area (Å²) in [6.45, 7) is 1.60. The molecule has 0 unspecified atom stereocenters. The Balaban J connectivity index is 1.36. The number of primary amides is 1. The number of amides is 2. The monoisotopic (exact) mass is 643 g/mol. The van der Waals surface area contributed by atoms with Crippen molar-refractivity contribution in [1.29, 1.82) is 0 Å². The number of hydrogen-bond acceptors (Lipinski definition) is 8. The second kappa shape index (κ2) is 11.6. The van der Waals surface area contributed by atoms with E-state index in [4.69, 9.17) is 15.2 Å². The zero-order valence-electron chi connectivity index (χ0n) is 24.6. The van der Waals surface area contributed by atoms with Gasteiger partial charge in [-0.25, -0.2) is 4.98 Å². The van der Waals surface area contributed by atoms with Crippen LogP contribution in [-0.4, -0.2) is 51.9 Å². The Morgan fingerprint density at radius 1 is 1.18 bits per heavy atom. The topological polar surface area (TPSA) is 142 Å². The second-order valence-corrected chi connectivity index (χ2v) is 12.5. The number of ether oxygens (including phenoxy) is 2. The zero-order valence-corrected chi connectivity index (χ0v) is 25.4. The Morgan fingerprint density at radius 3 is 2.53 bits per heavy atom. The van der Waals surface area contributed by atoms with Crippen LogP contribution in [0.2, 0.25) is 0 Å². The van der Waals surface area contributed by atoms with Gasteiger partial charge in [0.05, 0.1) is 43.3 Å². The second-order valence-electron chi connectivity index (χ2n) is 11.4. The maximum atomic E-state index is 13.5. The highest BCUT2D eigenvalue weighted by molar-refractivity contribution is 7.15. The number of benzene rings is 1. The maximum Gasteiger partial charge on any atom is 0.425 e. The first-order valence-electron chi connectivity index (χ1n) is 14.6. The van der Waals surface area contributed by atoms with E-state index in [9.17, 15) is 27.9 Å². The van der Waals surface area contributed by atoms with Crippen LogP contribution in [0.3, 0.4) is 0 Å². The Kier molecular flexibility index (Phi) is 7.98. The van der Waals surface area contributed by atoms with Crippen molar-refractivity contribution in [2.75, 3.05) is 20.3 Å². The number of pyridine rings is 1. The third-order valence-corrected chi connectivity index (χ3v) is 9.17. The number of aliphatic hydroxyl groups is 1. The molecule has 0 spiro atoms. The van der Waals surface area contributed by atoms with Crippen molar-refractivity contribution in [2.45, 2.75) is 56.8 Å². The van der Waals surface area contributed by atoms with Gasteiger partial charge in [-0.05, 0) is 68.9 Å². The largest absolute Gasteiger partial charge is 0.494 e. The number of rotatable bonds is 12. The van der Waals surface area contributed by atoms with Crippen LogP contribution in [0.1, 0.15) is 65.1 Å². The van der Waals surface area contributed by atoms with Gasteiger partial charge in [-0.1, -0.05) is 0 Å². The molecule has 45 heavy (non-hydrogen) atoms. The molecule has 2 saturated carbocycles. The molecular formula is C31H32F3N5O5S. The fraction of sp³-hybridized carbons (Fsp3) is 0.419. The molecule has 3 aromatic heterocycles. The molecule has 0 radical (unpaired) electrons. The molecule has 1 aromatic carbocycles. The Morgan fingerprint density at radius 2 is 1.93 bits per heavy atom. The number of nitrogens with one attached hydrogen (secondary N) is 1. The zero-order chi connectivity index (χ0) is 32.1. The highest BCUT2D eigenvalue weighted by Gasteiger charge is 2.47. The smallest absolute Gasteiger partial charge is 0.425 e. The first kappa shape index (κ1) is 30.8. The number of thiophene rings is 1. The van der Waals surface area contributed by atoms with Crippen LogP contribution in [0.15, 0.2) is 36.5 Å². The minimum absolute atomic E-state index is 0.0550. The molecule has 2 aliphatic rings. The van der Waals surface area contributed by atoms with Crippen LogP contribution in [0.4, 0.5) is 13.2 Å². The van der Waals surface area contributed by atoms with Gasteiger partial charge in [0.15, 0.2) is 0 Å². The standard InChI is InChI=1S/C31H32F3N5O5S/c1-3-44-28-16(13-25(35)40)12-23(37-27(28)22-8-9-24(45-22)31(32,33)34)30(42,19-4-5-19)15-36-29(41)17-10-18-14-39(20-6-7-20)38-26(18)21(11-17)43-2/h8-12,14,19-20,42H,3-7,13,15H2,1-2H3,(H2,35,40)(H,36,41)/t30-/m1/s1. The molecule has 0 saturated heterocycles. The molecule has 2 fully saturated rings. The molecule has 2 amide bonds. The van der Waals surface area contributed by atoms with Crippen molar-refractivity contribution in [1.82, 2.24) is 20.1 Å². The number of carbonyl (C=O) groups excluding carboxylic acids is 2. The summed E-state index contributed by atoms with van der Waals surface area (Å²) in [5.41, 5.74) is 5.20. The van der Waals surface area contributed by atoms with Crippen LogP contribution in [0.25, 0.3) is 21.5 Å². The minimum Gasteiger partial charge on any atom is -0.494 e. The van der Waals surface area contributed by atoms with E-state index in [1.54, 1.807) is 19.1 Å². The number of fused-ring (bicyclic) bond motifs is 1. The number of hydrogen-bond donors (Lipinski definition) is 3. The lowest BCUT2D eigenvalue weighted by Crippen LogP contribution is -2.43. The summed E-state index contributed by atoms with van der Waals surface area (Å²) in [4.78, 5) is 29.4. The van der Waals surface area contributed by atoms with E-state index in [1.165, 1.54) is 19.2 Å². The summed E-state index contributed by atoms with van der Waals surface area (Å²) in [7, 11) is 1.50. The van der Waals surface area contributed by atoms with Crippen molar-refractivity contribution >= 4 is 34.1 Å². The van der Waals surface area contributed by atoms with Crippen molar-refractivity contribution in [3.05, 3.63) is 58.2 Å². The summed E-state index contributed by atoms with van der Waals surface area (Å²) in [5, 5.41) is 20.3. The average molecular weight is 644 g/mol. The summed E-state index contributed by atoms with van der Waals surface area (Å²) in [6.07, 6.45) is 0.385. The lowest BCUT2D eigenvalue weighted by Gasteiger charge is -2.29. The van der Waals surface area contributed by atoms with Gasteiger partial charge < -0.3 is 25.6 Å². The molecule has 0 bridgehead atoms. The number of halogens is 3. The highest BCUT2D eigenvalue weighted by Crippen LogP contribution is 2.48. The van der Waals surface area contributed by atoms with Crippen LogP contribution in [0, 0.1) is 5.92 Å². The molecule has 1 atom stereocenters. The van der Waals surface area contributed by atoms with E-state index in [0.717, 1.165) is 24.3 Å². The lowest BCUT2D eigenvalue weighted by atomic mass is 9.90. The summed E-state index contributed by atoms with van der Waals surface area (Å²) in [5.74, 6) is -0.896. The van der Waals surface area contributed by atoms with Crippen molar-refractivity contribution in [2.24, 2.45) is 11.7 Å². The van der Waals surface area contributed by atoms with Gasteiger partial charge in [0, 0.05) is 22.7 Å². The van der Waals surface area contributed by atoms with Crippen molar-refractivity contribution < 1.29 is 37.3 Å². The number of carbonyl (C=O) groups is 2. The predicted molar refractivity (Wildman–Crippen MR) is 160 cm³/mol. The molecule has 14 heteroatoms. The average Bonchev–Trinajstić information content (AvgIpc) is 3.93. The highest BCUT2D eigenvalue weighted by atomic mass is 32.1. The summed E-state index contributed by atoms with van der Waals surface area (Å²) in [6, 6.07) is 7.36. The van der Waals surface area contributed by atoms with E-state index in [-0.39, 0.29) is 53.1 Å². The normalized spacial score (nSPS) is 16.4. The molecule has 10 nitrogen and oxygen atoms in total. The number of aromatic nitrogens is 3. The van der Waals surface area contributed by atoms with Gasteiger partial charge in [-0.15, -0.1) is 11.3 Å². The molecule has 6 rings (SSSR count). The third kappa shape index (κ3) is 6.21. The lowest BCUT2D eigenvalue weighted by molar-refractivity contribution is -0.134. The number of nitrogens with zero attached hydrogens (tertiary/aromatic N) is 3. The third-order valence-electron chi connectivity index (χ3n) is 8.03. The quantitative estimate of drug-likeness (QED) is 0.198. The minimum atomic E-state index is -4.57. The van der Waals surface area contributed by atoms with E-state index in [1.807, 2.05) is 10.9 Å². The SMILES string of the molecule is CCOc1c(CC(N)=O)cc([C@@](O)(CNC(=O)c2cc(OC)c3nn(C4CC4)cc3c2)C2CC2)nc1-c1ccc(C(F)(F)F)s1. The number of methoxy groups -OCH3 is 1. The Bertz CT molecular complexity index is 1780. The van der Waals surface area contributed by atoms with Crippen LogP contribution >= 0.6 is 11.3 Å². The summed E-state index contributed by atoms with van der Waals surface area (Å²) >= 11 is 0.477. The predicted octanol–water partition coefficient (Wildman–Crippen LogP) is 4.98. The van der Waals surface area contributed by atoms with Gasteiger partial charge in [0.25, 0.3) is 5.91 Å².